The van der Waals surface area contributed by atoms with Crippen molar-refractivity contribution >= 4 is 35.3 Å². The molecule has 1 aliphatic heterocycles. The molecule has 0 spiro atoms. The van der Waals surface area contributed by atoms with Gasteiger partial charge in [0.05, 0.1) is 6.54 Å². The number of carbonyl (C=O) groups is 5. The van der Waals surface area contributed by atoms with Crippen LogP contribution in [0, 0.1) is 0 Å². The Morgan fingerprint density at radius 3 is 2.67 bits per heavy atom. The number of ketones is 1. The predicted molar refractivity (Wildman–Crippen MR) is 95.0 cm³/mol. The number of urea groups is 1. The van der Waals surface area contributed by atoms with Crippen LogP contribution in [-0.4, -0.2) is 53.7 Å². The first kappa shape index (κ1) is 20.1. The maximum absolute atomic E-state index is 12.1. The summed E-state index contributed by atoms with van der Waals surface area (Å²) in [6.45, 7) is 2.92. The molecule has 0 saturated carbocycles. The van der Waals surface area contributed by atoms with Crippen LogP contribution in [0.2, 0.25) is 0 Å². The highest BCUT2D eigenvalue weighted by Crippen LogP contribution is 2.12. The van der Waals surface area contributed by atoms with Gasteiger partial charge >= 0.3 is 12.0 Å². The molecule has 1 aliphatic rings. The SMILES string of the molecule is CC(=O)c1cccc(NC(=O)[C@@H](C)OC(=O)CCCN2C(=O)CNC2=O)c1. The van der Waals surface area contributed by atoms with E-state index >= 15 is 0 Å². The van der Waals surface area contributed by atoms with Crippen LogP contribution in [0.3, 0.4) is 0 Å². The van der Waals surface area contributed by atoms with Gasteiger partial charge < -0.3 is 15.4 Å². The van der Waals surface area contributed by atoms with E-state index in [2.05, 4.69) is 10.6 Å². The molecule has 1 heterocycles. The summed E-state index contributed by atoms with van der Waals surface area (Å²) in [4.78, 5) is 59.1. The van der Waals surface area contributed by atoms with Crippen molar-refractivity contribution in [1.82, 2.24) is 10.2 Å². The highest BCUT2D eigenvalue weighted by atomic mass is 16.5. The van der Waals surface area contributed by atoms with Gasteiger partial charge in [0.2, 0.25) is 5.91 Å². The Balaban J connectivity index is 1.77. The van der Waals surface area contributed by atoms with Gasteiger partial charge in [-0.2, -0.15) is 0 Å². The van der Waals surface area contributed by atoms with Crippen molar-refractivity contribution in [2.24, 2.45) is 0 Å². The van der Waals surface area contributed by atoms with Crippen LogP contribution in [-0.2, 0) is 19.1 Å². The fourth-order valence-corrected chi connectivity index (χ4v) is 2.43. The summed E-state index contributed by atoms with van der Waals surface area (Å²) in [7, 11) is 0. The Morgan fingerprint density at radius 1 is 1.30 bits per heavy atom. The highest BCUT2D eigenvalue weighted by Gasteiger charge is 2.28. The van der Waals surface area contributed by atoms with Crippen LogP contribution in [0.4, 0.5) is 10.5 Å². The van der Waals surface area contributed by atoms with Gasteiger partial charge in [0.25, 0.3) is 5.91 Å². The van der Waals surface area contributed by atoms with Gasteiger partial charge in [-0.05, 0) is 32.4 Å². The summed E-state index contributed by atoms with van der Waals surface area (Å²) < 4.78 is 5.06. The number of Topliss-reactive ketones (excluding diaryl/α,β-unsaturated/α-hetero) is 1. The molecule has 0 radical (unpaired) electrons. The fourth-order valence-electron chi connectivity index (χ4n) is 2.43. The maximum Gasteiger partial charge on any atom is 0.324 e. The Labute approximate surface area is 156 Å². The van der Waals surface area contributed by atoms with Crippen LogP contribution < -0.4 is 10.6 Å². The Kier molecular flexibility index (Phi) is 6.64. The number of esters is 1. The van der Waals surface area contributed by atoms with Crippen molar-refractivity contribution < 1.29 is 28.7 Å². The number of anilines is 1. The lowest BCUT2D eigenvalue weighted by atomic mass is 10.1. The molecule has 0 aromatic heterocycles. The second kappa shape index (κ2) is 8.93. The van der Waals surface area contributed by atoms with E-state index in [0.29, 0.717) is 11.3 Å². The lowest BCUT2D eigenvalue weighted by Crippen LogP contribution is -2.33. The fraction of sp³-hybridized carbons (Fsp3) is 0.389. The largest absolute Gasteiger partial charge is 0.453 e. The lowest BCUT2D eigenvalue weighted by molar-refractivity contribution is -0.153. The minimum absolute atomic E-state index is 0.0332. The van der Waals surface area contributed by atoms with E-state index in [-0.39, 0.29) is 37.6 Å². The highest BCUT2D eigenvalue weighted by molar-refractivity contribution is 6.02. The van der Waals surface area contributed by atoms with Crippen molar-refractivity contribution in [1.29, 1.82) is 0 Å². The molecule has 0 unspecified atom stereocenters. The van der Waals surface area contributed by atoms with E-state index in [1.807, 2.05) is 0 Å². The zero-order chi connectivity index (χ0) is 20.0. The van der Waals surface area contributed by atoms with Gasteiger partial charge in [-0.25, -0.2) is 4.79 Å². The van der Waals surface area contributed by atoms with Crippen molar-refractivity contribution in [3.63, 3.8) is 0 Å². The number of hydrogen-bond donors (Lipinski definition) is 2. The maximum atomic E-state index is 12.1. The van der Waals surface area contributed by atoms with Gasteiger partial charge in [0.1, 0.15) is 0 Å². The zero-order valence-electron chi connectivity index (χ0n) is 15.1. The number of nitrogens with zero attached hydrogens (tertiary/aromatic N) is 1. The first-order valence-corrected chi connectivity index (χ1v) is 8.47. The topological polar surface area (TPSA) is 122 Å². The summed E-state index contributed by atoms with van der Waals surface area (Å²) in [5.41, 5.74) is 0.882. The van der Waals surface area contributed by atoms with E-state index < -0.39 is 24.0 Å². The molecule has 9 heteroatoms. The Morgan fingerprint density at radius 2 is 2.04 bits per heavy atom. The first-order valence-electron chi connectivity index (χ1n) is 8.47. The second-order valence-electron chi connectivity index (χ2n) is 6.07. The van der Waals surface area contributed by atoms with E-state index in [9.17, 15) is 24.0 Å². The van der Waals surface area contributed by atoms with E-state index in [1.54, 1.807) is 18.2 Å². The quantitative estimate of drug-likeness (QED) is 0.398. The molecule has 1 fully saturated rings. The third kappa shape index (κ3) is 5.63. The van der Waals surface area contributed by atoms with Crippen LogP contribution in [0.1, 0.15) is 37.0 Å². The molecule has 1 aromatic carbocycles. The standard InChI is InChI=1S/C18H21N3O6/c1-11(22)13-5-3-6-14(9-13)20-17(25)12(2)27-16(24)7-4-8-21-15(23)10-19-18(21)26/h3,5-6,9,12H,4,7-8,10H2,1-2H3,(H,19,26)(H,20,25)/t12-/m1/s1. The van der Waals surface area contributed by atoms with Gasteiger partial charge in [0.15, 0.2) is 11.9 Å². The number of imide groups is 1. The molecular formula is C18H21N3O6. The summed E-state index contributed by atoms with van der Waals surface area (Å²) in [5, 5.41) is 4.97. The van der Waals surface area contributed by atoms with E-state index in [1.165, 1.54) is 19.9 Å². The smallest absolute Gasteiger partial charge is 0.324 e. The molecule has 9 nitrogen and oxygen atoms in total. The molecule has 144 valence electrons. The summed E-state index contributed by atoms with van der Waals surface area (Å²) >= 11 is 0. The molecule has 0 aliphatic carbocycles. The normalized spacial score (nSPS) is 14.5. The van der Waals surface area contributed by atoms with Gasteiger partial charge in [0, 0.05) is 24.2 Å². The molecule has 1 saturated heterocycles. The van der Waals surface area contributed by atoms with Crippen molar-refractivity contribution in [3.8, 4) is 0 Å². The Bertz CT molecular complexity index is 760. The molecule has 2 N–H and O–H groups in total. The molecule has 1 aromatic rings. The zero-order valence-corrected chi connectivity index (χ0v) is 15.1. The predicted octanol–water partition coefficient (Wildman–Crippen LogP) is 1.09. The van der Waals surface area contributed by atoms with Crippen LogP contribution >= 0.6 is 0 Å². The number of rotatable bonds is 8. The average molecular weight is 375 g/mol. The van der Waals surface area contributed by atoms with Crippen LogP contribution in [0.5, 0.6) is 0 Å². The number of ether oxygens (including phenoxy) is 1. The third-order valence-corrected chi connectivity index (χ3v) is 3.91. The minimum atomic E-state index is -1.03. The van der Waals surface area contributed by atoms with Crippen molar-refractivity contribution in [2.45, 2.75) is 32.8 Å². The number of benzene rings is 1. The number of amides is 4. The second-order valence-corrected chi connectivity index (χ2v) is 6.07. The molecule has 2 rings (SSSR count). The first-order chi connectivity index (χ1) is 12.8. The summed E-state index contributed by atoms with van der Waals surface area (Å²) in [6.07, 6.45) is -0.822. The lowest BCUT2D eigenvalue weighted by Gasteiger charge is -2.15. The third-order valence-electron chi connectivity index (χ3n) is 3.91. The van der Waals surface area contributed by atoms with Crippen LogP contribution in [0.15, 0.2) is 24.3 Å². The van der Waals surface area contributed by atoms with Crippen molar-refractivity contribution in [3.05, 3.63) is 29.8 Å². The molecule has 27 heavy (non-hydrogen) atoms. The molecule has 0 bridgehead atoms. The monoisotopic (exact) mass is 375 g/mol. The van der Waals surface area contributed by atoms with E-state index in [0.717, 1.165) is 4.90 Å². The Hall–Kier alpha value is -3.23. The van der Waals surface area contributed by atoms with Gasteiger partial charge in [-0.3, -0.25) is 24.1 Å². The van der Waals surface area contributed by atoms with Crippen LogP contribution in [0.25, 0.3) is 0 Å². The average Bonchev–Trinajstić information content (AvgIpc) is 2.93. The number of nitrogens with one attached hydrogen (secondary N) is 2. The molecular weight excluding hydrogens is 354 g/mol. The number of hydrogen-bond acceptors (Lipinski definition) is 6. The molecule has 4 amide bonds. The summed E-state index contributed by atoms with van der Waals surface area (Å²) in [5.74, 6) is -1.61. The van der Waals surface area contributed by atoms with Gasteiger partial charge in [-0.1, -0.05) is 12.1 Å². The minimum Gasteiger partial charge on any atom is -0.453 e. The van der Waals surface area contributed by atoms with Gasteiger partial charge in [-0.15, -0.1) is 0 Å². The summed E-state index contributed by atoms with van der Waals surface area (Å²) in [6, 6.07) is 5.95. The van der Waals surface area contributed by atoms with Crippen molar-refractivity contribution in [2.75, 3.05) is 18.4 Å². The molecule has 1 atom stereocenters. The number of carbonyl (C=O) groups excluding carboxylic acids is 5. The van der Waals surface area contributed by atoms with E-state index in [4.69, 9.17) is 4.74 Å².